The van der Waals surface area contributed by atoms with E-state index in [9.17, 15) is 9.90 Å². The smallest absolute Gasteiger partial charge is 0.320 e. The lowest BCUT2D eigenvalue weighted by Gasteiger charge is -2.44. The second-order valence-electron chi connectivity index (χ2n) is 7.16. The number of halogens is 1. The predicted octanol–water partition coefficient (Wildman–Crippen LogP) is 5.23. The Kier molecular flexibility index (Phi) is 6.06. The molecule has 0 saturated carbocycles. The van der Waals surface area contributed by atoms with Gasteiger partial charge in [0.05, 0.1) is 19.2 Å². The number of carbonyl (C=O) groups excluding carboxylic acids is 1. The fraction of sp³-hybridized carbons (Fsp3) is 0.208. The van der Waals surface area contributed by atoms with E-state index < -0.39 is 0 Å². The van der Waals surface area contributed by atoms with Gasteiger partial charge in [-0.1, -0.05) is 58.4 Å². The van der Waals surface area contributed by atoms with E-state index in [0.29, 0.717) is 6.61 Å². The third kappa shape index (κ3) is 4.20. The molecule has 5 nitrogen and oxygen atoms in total. The Morgan fingerprint density at radius 3 is 2.50 bits per heavy atom. The van der Waals surface area contributed by atoms with Crippen LogP contribution in [0.5, 0.6) is 5.75 Å². The van der Waals surface area contributed by atoms with Gasteiger partial charge in [0, 0.05) is 10.2 Å². The maximum absolute atomic E-state index is 12.6. The van der Waals surface area contributed by atoms with Crippen LogP contribution in [0.3, 0.4) is 0 Å². The summed E-state index contributed by atoms with van der Waals surface area (Å²) in [5.74, 6) is -0.0714. The van der Waals surface area contributed by atoms with Gasteiger partial charge in [0.2, 0.25) is 0 Å². The molecule has 1 aliphatic heterocycles. The van der Waals surface area contributed by atoms with Crippen LogP contribution >= 0.6 is 15.9 Å². The van der Waals surface area contributed by atoms with Crippen LogP contribution in [0.25, 0.3) is 0 Å². The van der Waals surface area contributed by atoms with Crippen molar-refractivity contribution >= 4 is 27.6 Å². The lowest BCUT2D eigenvalue weighted by molar-refractivity contribution is -0.145. The lowest BCUT2D eigenvalue weighted by atomic mass is 9.91. The minimum absolute atomic E-state index is 0.123. The fourth-order valence-electron chi connectivity index (χ4n) is 3.93. The maximum atomic E-state index is 12.6. The normalized spacial score (nSPS) is 18.3. The monoisotopic (exact) mass is 466 g/mol. The fourth-order valence-corrected chi connectivity index (χ4v) is 4.30. The first kappa shape index (κ1) is 20.4. The van der Waals surface area contributed by atoms with Crippen molar-refractivity contribution in [3.8, 4) is 5.75 Å². The van der Waals surface area contributed by atoms with Gasteiger partial charge in [-0.2, -0.15) is 0 Å². The molecule has 1 aliphatic rings. The first-order valence-corrected chi connectivity index (χ1v) is 10.7. The molecule has 4 rings (SSSR count). The molecule has 0 spiro atoms. The number of aromatic hydroxyl groups is 1. The molecule has 1 heterocycles. The molecule has 0 saturated heterocycles. The van der Waals surface area contributed by atoms with Crippen LogP contribution in [0.4, 0.5) is 5.69 Å². The zero-order chi connectivity index (χ0) is 21.1. The Bertz CT molecular complexity index is 1020. The summed E-state index contributed by atoms with van der Waals surface area (Å²) in [6.45, 7) is 2.27. The van der Waals surface area contributed by atoms with E-state index in [-0.39, 0.29) is 30.5 Å². The molecule has 0 bridgehead atoms. The highest BCUT2D eigenvalue weighted by Crippen LogP contribution is 2.44. The van der Waals surface area contributed by atoms with Crippen molar-refractivity contribution in [3.63, 3.8) is 0 Å². The summed E-state index contributed by atoms with van der Waals surface area (Å²) >= 11 is 3.59. The van der Waals surface area contributed by atoms with Gasteiger partial charge in [-0.3, -0.25) is 9.69 Å². The summed E-state index contributed by atoms with van der Waals surface area (Å²) in [6, 6.07) is 23.2. The molecule has 2 N–H and O–H groups in total. The maximum Gasteiger partial charge on any atom is 0.320 e. The molecule has 30 heavy (non-hydrogen) atoms. The van der Waals surface area contributed by atoms with Crippen LogP contribution in [-0.4, -0.2) is 29.1 Å². The van der Waals surface area contributed by atoms with Gasteiger partial charge in [0.1, 0.15) is 11.9 Å². The number of phenols is 1. The van der Waals surface area contributed by atoms with Crippen molar-refractivity contribution in [2.75, 3.05) is 18.5 Å². The summed E-state index contributed by atoms with van der Waals surface area (Å²) in [4.78, 5) is 14.7. The van der Waals surface area contributed by atoms with Gasteiger partial charge < -0.3 is 15.2 Å². The van der Waals surface area contributed by atoms with E-state index in [0.717, 1.165) is 26.9 Å². The topological polar surface area (TPSA) is 61.8 Å². The van der Waals surface area contributed by atoms with Crippen molar-refractivity contribution in [2.45, 2.75) is 19.1 Å². The van der Waals surface area contributed by atoms with Crippen LogP contribution in [0.2, 0.25) is 0 Å². The Labute approximate surface area is 184 Å². The second-order valence-corrected chi connectivity index (χ2v) is 8.08. The minimum atomic E-state index is -0.276. The molecule has 0 aliphatic carbocycles. The Morgan fingerprint density at radius 1 is 1.07 bits per heavy atom. The zero-order valence-electron chi connectivity index (χ0n) is 16.6. The highest BCUT2D eigenvalue weighted by atomic mass is 79.9. The molecule has 3 aromatic carbocycles. The summed E-state index contributed by atoms with van der Waals surface area (Å²) in [5, 5.41) is 13.3. The van der Waals surface area contributed by atoms with Crippen molar-refractivity contribution in [1.82, 2.24) is 4.90 Å². The first-order chi connectivity index (χ1) is 14.6. The van der Waals surface area contributed by atoms with Gasteiger partial charge in [-0.05, 0) is 53.9 Å². The highest BCUT2D eigenvalue weighted by molar-refractivity contribution is 9.10. The van der Waals surface area contributed by atoms with E-state index in [1.54, 1.807) is 12.1 Å². The van der Waals surface area contributed by atoms with Crippen molar-refractivity contribution in [2.24, 2.45) is 0 Å². The van der Waals surface area contributed by atoms with Gasteiger partial charge in [-0.25, -0.2) is 0 Å². The van der Waals surface area contributed by atoms with Gasteiger partial charge >= 0.3 is 5.97 Å². The van der Waals surface area contributed by atoms with Crippen molar-refractivity contribution in [3.05, 3.63) is 94.0 Å². The Morgan fingerprint density at radius 2 is 1.80 bits per heavy atom. The minimum Gasteiger partial charge on any atom is -0.508 e. The Balaban J connectivity index is 1.86. The van der Waals surface area contributed by atoms with E-state index in [1.165, 1.54) is 0 Å². The third-order valence-electron chi connectivity index (χ3n) is 5.20. The van der Waals surface area contributed by atoms with Crippen molar-refractivity contribution < 1.29 is 14.6 Å². The van der Waals surface area contributed by atoms with Gasteiger partial charge in [-0.15, -0.1) is 0 Å². The largest absolute Gasteiger partial charge is 0.508 e. The predicted molar refractivity (Wildman–Crippen MR) is 120 cm³/mol. The summed E-state index contributed by atoms with van der Waals surface area (Å²) in [5.41, 5.74) is 4.12. The zero-order valence-corrected chi connectivity index (χ0v) is 18.2. The highest BCUT2D eigenvalue weighted by Gasteiger charge is 2.37. The van der Waals surface area contributed by atoms with Crippen LogP contribution < -0.4 is 5.32 Å². The number of hydrogen-bond donors (Lipinski definition) is 2. The molecule has 0 radical (unpaired) electrons. The molecule has 3 aromatic rings. The molecular formula is C24H23BrN2O3. The number of nitrogens with zero attached hydrogens (tertiary/aromatic N) is 1. The summed E-state index contributed by atoms with van der Waals surface area (Å²) < 4.78 is 6.26. The number of anilines is 1. The van der Waals surface area contributed by atoms with Gasteiger partial charge in [0.25, 0.3) is 0 Å². The second kappa shape index (κ2) is 8.90. The van der Waals surface area contributed by atoms with Gasteiger partial charge in [0.15, 0.2) is 0 Å². The van der Waals surface area contributed by atoms with E-state index >= 15 is 0 Å². The molecule has 0 amide bonds. The quantitative estimate of drug-likeness (QED) is 0.503. The molecule has 0 aromatic heterocycles. The SMILES string of the molecule is CCOC(=O)CN1[C@@H](c2ccccc2)c2cc(Br)ccc2N[C@H]1c1ccc(O)cc1. The Hall–Kier alpha value is -2.83. The van der Waals surface area contributed by atoms with E-state index in [2.05, 4.69) is 44.3 Å². The number of esters is 1. The average molecular weight is 467 g/mol. The van der Waals surface area contributed by atoms with Crippen LogP contribution in [-0.2, 0) is 9.53 Å². The molecular weight excluding hydrogens is 444 g/mol. The third-order valence-corrected chi connectivity index (χ3v) is 5.70. The van der Waals surface area contributed by atoms with Crippen LogP contribution in [0, 0.1) is 0 Å². The summed E-state index contributed by atoms with van der Waals surface area (Å²) in [7, 11) is 0. The lowest BCUT2D eigenvalue weighted by Crippen LogP contribution is -2.44. The molecule has 154 valence electrons. The van der Waals surface area contributed by atoms with E-state index in [4.69, 9.17) is 4.74 Å². The molecule has 6 heteroatoms. The van der Waals surface area contributed by atoms with Crippen LogP contribution in [0.1, 0.15) is 35.8 Å². The van der Waals surface area contributed by atoms with E-state index in [1.807, 2.05) is 49.4 Å². The first-order valence-electron chi connectivity index (χ1n) is 9.88. The number of phenolic OH excluding ortho intramolecular Hbond substituents is 1. The number of nitrogens with one attached hydrogen (secondary N) is 1. The summed E-state index contributed by atoms with van der Waals surface area (Å²) in [6.07, 6.45) is -0.270. The molecule has 2 atom stereocenters. The number of hydrogen-bond acceptors (Lipinski definition) is 5. The number of rotatable bonds is 5. The molecule has 0 fully saturated rings. The number of ether oxygens (including phenoxy) is 1. The van der Waals surface area contributed by atoms with Crippen molar-refractivity contribution in [1.29, 1.82) is 0 Å². The number of fused-ring (bicyclic) bond motifs is 1. The standard InChI is InChI=1S/C24H23BrN2O3/c1-2-30-22(29)15-27-23(16-6-4-3-5-7-16)20-14-18(25)10-13-21(20)26-24(27)17-8-11-19(28)12-9-17/h3-14,23-24,26,28H,2,15H2,1H3/t23-,24+/m0/s1. The number of benzene rings is 3. The van der Waals surface area contributed by atoms with Crippen LogP contribution in [0.15, 0.2) is 77.3 Å². The average Bonchev–Trinajstić information content (AvgIpc) is 2.75. The molecule has 0 unspecified atom stereocenters. The number of carbonyl (C=O) groups is 1.